The van der Waals surface area contributed by atoms with E-state index in [1.165, 1.54) is 4.90 Å². The summed E-state index contributed by atoms with van der Waals surface area (Å²) in [7, 11) is 3.35. The molecule has 0 aliphatic heterocycles. The Balaban J connectivity index is 1.71. The number of carbonyl (C=O) groups excluding carboxylic acids is 1. The molecule has 3 aromatic rings. The van der Waals surface area contributed by atoms with Gasteiger partial charge >= 0.3 is 6.09 Å². The SMILES string of the molecule is COc1ccccc1-c1cnc2ccc(NCCN(C)C(=O)OC(C)(C)C)nn12. The van der Waals surface area contributed by atoms with Crippen LogP contribution in [0.2, 0.25) is 0 Å². The van der Waals surface area contributed by atoms with E-state index < -0.39 is 5.60 Å². The van der Waals surface area contributed by atoms with Crippen molar-refractivity contribution in [2.45, 2.75) is 26.4 Å². The summed E-state index contributed by atoms with van der Waals surface area (Å²) < 4.78 is 12.6. The lowest BCUT2D eigenvalue weighted by atomic mass is 10.1. The van der Waals surface area contributed by atoms with Crippen LogP contribution in [0.1, 0.15) is 20.8 Å². The van der Waals surface area contributed by atoms with E-state index in [4.69, 9.17) is 9.47 Å². The Morgan fingerprint density at radius 1 is 1.21 bits per heavy atom. The third kappa shape index (κ3) is 4.96. The van der Waals surface area contributed by atoms with E-state index in [1.54, 1.807) is 24.9 Å². The molecule has 8 heteroatoms. The van der Waals surface area contributed by atoms with Gasteiger partial charge in [0.2, 0.25) is 0 Å². The van der Waals surface area contributed by atoms with Gasteiger partial charge in [-0.2, -0.15) is 0 Å². The minimum absolute atomic E-state index is 0.351. The minimum Gasteiger partial charge on any atom is -0.496 e. The van der Waals surface area contributed by atoms with Gasteiger partial charge in [-0.3, -0.25) is 0 Å². The van der Waals surface area contributed by atoms with Crippen molar-refractivity contribution in [3.8, 4) is 17.0 Å². The van der Waals surface area contributed by atoms with E-state index in [1.807, 2.05) is 57.2 Å². The van der Waals surface area contributed by atoms with Crippen molar-refractivity contribution in [3.05, 3.63) is 42.6 Å². The van der Waals surface area contributed by atoms with Crippen LogP contribution >= 0.6 is 0 Å². The molecule has 0 saturated carbocycles. The Morgan fingerprint density at radius 2 is 1.97 bits per heavy atom. The summed E-state index contributed by atoms with van der Waals surface area (Å²) in [6, 6.07) is 11.5. The summed E-state index contributed by atoms with van der Waals surface area (Å²) in [5, 5.41) is 7.88. The standard InChI is InChI=1S/C21H27N5O3/c1-21(2,3)29-20(27)25(4)13-12-22-18-10-11-19-23-14-16(26(19)24-18)15-8-6-7-9-17(15)28-5/h6-11,14H,12-13H2,1-5H3,(H,22,24). The summed E-state index contributed by atoms with van der Waals surface area (Å²) in [6.45, 7) is 6.56. The van der Waals surface area contributed by atoms with Crippen molar-refractivity contribution in [1.82, 2.24) is 19.5 Å². The number of rotatable bonds is 6. The number of likely N-dealkylation sites (N-methyl/N-ethyl adjacent to an activating group) is 1. The van der Waals surface area contributed by atoms with Gasteiger partial charge in [-0.1, -0.05) is 12.1 Å². The monoisotopic (exact) mass is 397 g/mol. The lowest BCUT2D eigenvalue weighted by molar-refractivity contribution is 0.0305. The zero-order valence-corrected chi connectivity index (χ0v) is 17.5. The molecule has 0 radical (unpaired) electrons. The molecule has 1 N–H and O–H groups in total. The van der Waals surface area contributed by atoms with Gasteiger partial charge in [-0.15, -0.1) is 5.10 Å². The number of amides is 1. The van der Waals surface area contributed by atoms with Crippen LogP contribution in [0.3, 0.4) is 0 Å². The van der Waals surface area contributed by atoms with Crippen molar-refractivity contribution < 1.29 is 14.3 Å². The fraction of sp³-hybridized carbons (Fsp3) is 0.381. The number of fused-ring (bicyclic) bond motifs is 1. The van der Waals surface area contributed by atoms with Gasteiger partial charge in [0.25, 0.3) is 0 Å². The first-order valence-electron chi connectivity index (χ1n) is 9.44. The fourth-order valence-corrected chi connectivity index (χ4v) is 2.79. The van der Waals surface area contributed by atoms with Crippen LogP contribution in [0.4, 0.5) is 10.6 Å². The maximum atomic E-state index is 12.0. The molecule has 2 aromatic heterocycles. The molecule has 0 unspecified atom stereocenters. The number of imidazole rings is 1. The Bertz CT molecular complexity index is 993. The van der Waals surface area contributed by atoms with Crippen LogP contribution < -0.4 is 10.1 Å². The first-order chi connectivity index (χ1) is 13.8. The lowest BCUT2D eigenvalue weighted by Crippen LogP contribution is -2.36. The quantitative estimate of drug-likeness (QED) is 0.683. The lowest BCUT2D eigenvalue weighted by Gasteiger charge is -2.24. The molecular weight excluding hydrogens is 370 g/mol. The molecule has 0 atom stereocenters. The number of ether oxygens (including phenoxy) is 2. The Morgan fingerprint density at radius 3 is 2.69 bits per heavy atom. The Kier molecular flexibility index (Phi) is 5.91. The van der Waals surface area contributed by atoms with Crippen LogP contribution in [-0.4, -0.2) is 58.4 Å². The number of aromatic nitrogens is 3. The summed E-state index contributed by atoms with van der Waals surface area (Å²) in [4.78, 5) is 18.0. The molecule has 3 rings (SSSR count). The number of hydrogen-bond donors (Lipinski definition) is 1. The molecule has 0 aliphatic carbocycles. The number of para-hydroxylation sites is 1. The molecule has 1 amide bonds. The number of benzene rings is 1. The average molecular weight is 397 g/mol. The first-order valence-corrected chi connectivity index (χ1v) is 9.44. The molecule has 1 aromatic carbocycles. The van der Waals surface area contributed by atoms with E-state index in [2.05, 4.69) is 15.4 Å². The second-order valence-electron chi connectivity index (χ2n) is 7.66. The molecule has 154 valence electrons. The van der Waals surface area contributed by atoms with Crippen LogP contribution in [0.15, 0.2) is 42.6 Å². The van der Waals surface area contributed by atoms with E-state index in [0.29, 0.717) is 18.9 Å². The fourth-order valence-electron chi connectivity index (χ4n) is 2.79. The summed E-state index contributed by atoms with van der Waals surface area (Å²) in [5.74, 6) is 1.44. The highest BCUT2D eigenvalue weighted by molar-refractivity contribution is 5.70. The smallest absolute Gasteiger partial charge is 0.410 e. The highest BCUT2D eigenvalue weighted by atomic mass is 16.6. The largest absolute Gasteiger partial charge is 0.496 e. The Hall–Kier alpha value is -3.29. The summed E-state index contributed by atoms with van der Waals surface area (Å²) >= 11 is 0. The highest BCUT2D eigenvalue weighted by Gasteiger charge is 2.19. The molecule has 0 aliphatic rings. The van der Waals surface area contributed by atoms with Crippen molar-refractivity contribution >= 4 is 17.6 Å². The topological polar surface area (TPSA) is 81.0 Å². The zero-order chi connectivity index (χ0) is 21.0. The third-order valence-electron chi connectivity index (χ3n) is 4.20. The van der Waals surface area contributed by atoms with Gasteiger partial charge < -0.3 is 19.7 Å². The number of hydrogen-bond acceptors (Lipinski definition) is 6. The maximum Gasteiger partial charge on any atom is 0.410 e. The van der Waals surface area contributed by atoms with Crippen LogP contribution in [0, 0.1) is 0 Å². The molecular formula is C21H27N5O3. The van der Waals surface area contributed by atoms with Crippen molar-refractivity contribution in [2.75, 3.05) is 32.6 Å². The van der Waals surface area contributed by atoms with Crippen LogP contribution in [-0.2, 0) is 4.74 Å². The number of methoxy groups -OCH3 is 1. The first kappa shape index (κ1) is 20.4. The van der Waals surface area contributed by atoms with Gasteiger partial charge in [-0.25, -0.2) is 14.3 Å². The van der Waals surface area contributed by atoms with E-state index in [0.717, 1.165) is 22.7 Å². The third-order valence-corrected chi connectivity index (χ3v) is 4.20. The molecule has 2 heterocycles. The van der Waals surface area contributed by atoms with E-state index >= 15 is 0 Å². The molecule has 0 bridgehead atoms. The molecule has 0 saturated heterocycles. The van der Waals surface area contributed by atoms with E-state index in [-0.39, 0.29) is 6.09 Å². The number of nitrogens with zero attached hydrogens (tertiary/aromatic N) is 4. The van der Waals surface area contributed by atoms with Crippen LogP contribution in [0.5, 0.6) is 5.75 Å². The highest BCUT2D eigenvalue weighted by Crippen LogP contribution is 2.29. The Labute approximate surface area is 170 Å². The van der Waals surface area contributed by atoms with Gasteiger partial charge in [0.15, 0.2) is 5.65 Å². The minimum atomic E-state index is -0.512. The van der Waals surface area contributed by atoms with Gasteiger partial charge in [0, 0.05) is 25.7 Å². The van der Waals surface area contributed by atoms with Crippen LogP contribution in [0.25, 0.3) is 16.9 Å². The second kappa shape index (κ2) is 8.38. The number of carbonyl (C=O) groups is 1. The molecule has 0 spiro atoms. The zero-order valence-electron chi connectivity index (χ0n) is 17.5. The van der Waals surface area contributed by atoms with E-state index in [9.17, 15) is 4.79 Å². The van der Waals surface area contributed by atoms with Gasteiger partial charge in [0.1, 0.15) is 17.2 Å². The summed E-state index contributed by atoms with van der Waals surface area (Å²) in [6.07, 6.45) is 1.43. The predicted octanol–water partition coefficient (Wildman–Crippen LogP) is 3.68. The van der Waals surface area contributed by atoms with Gasteiger partial charge in [-0.05, 0) is 45.0 Å². The van der Waals surface area contributed by atoms with Gasteiger partial charge in [0.05, 0.1) is 19.0 Å². The predicted molar refractivity (Wildman–Crippen MR) is 112 cm³/mol. The average Bonchev–Trinajstić information content (AvgIpc) is 3.09. The second-order valence-corrected chi connectivity index (χ2v) is 7.66. The number of anilines is 1. The number of nitrogens with one attached hydrogen (secondary N) is 1. The summed E-state index contributed by atoms with van der Waals surface area (Å²) in [5.41, 5.74) is 1.98. The van der Waals surface area contributed by atoms with Crippen molar-refractivity contribution in [3.63, 3.8) is 0 Å². The molecule has 0 fully saturated rings. The molecule has 29 heavy (non-hydrogen) atoms. The van der Waals surface area contributed by atoms with Crippen molar-refractivity contribution in [1.29, 1.82) is 0 Å². The van der Waals surface area contributed by atoms with Crippen molar-refractivity contribution in [2.24, 2.45) is 0 Å². The normalized spacial score (nSPS) is 11.3. The maximum absolute atomic E-state index is 12.0. The molecule has 8 nitrogen and oxygen atoms in total.